The zero-order valence-corrected chi connectivity index (χ0v) is 12.9. The number of anilines is 1. The highest BCUT2D eigenvalue weighted by molar-refractivity contribution is 7.99. The molecule has 2 aromatic rings. The van der Waals surface area contributed by atoms with Crippen molar-refractivity contribution < 1.29 is 8.78 Å². The first-order valence-electron chi connectivity index (χ1n) is 6.69. The zero-order valence-electron chi connectivity index (χ0n) is 11.3. The summed E-state index contributed by atoms with van der Waals surface area (Å²) in [5, 5.41) is 3.50. The summed E-state index contributed by atoms with van der Waals surface area (Å²) in [5.41, 5.74) is 3.68. The molecular weight excluding hydrogens is 308 g/mol. The molecule has 0 amide bonds. The highest BCUT2D eigenvalue weighted by Gasteiger charge is 2.19. The predicted octanol–water partition coefficient (Wildman–Crippen LogP) is 5.40. The van der Waals surface area contributed by atoms with Gasteiger partial charge >= 0.3 is 0 Å². The van der Waals surface area contributed by atoms with Gasteiger partial charge in [0.25, 0.3) is 5.76 Å². The van der Waals surface area contributed by atoms with Crippen LogP contribution in [0.2, 0.25) is 0 Å². The van der Waals surface area contributed by atoms with E-state index in [0.29, 0.717) is 16.7 Å². The van der Waals surface area contributed by atoms with Crippen molar-refractivity contribution in [2.45, 2.75) is 22.4 Å². The minimum absolute atomic E-state index is 0.272. The van der Waals surface area contributed by atoms with Crippen molar-refractivity contribution in [3.63, 3.8) is 0 Å². The van der Waals surface area contributed by atoms with Crippen LogP contribution < -0.4 is 5.32 Å². The van der Waals surface area contributed by atoms with Gasteiger partial charge in [-0.15, -0.1) is 0 Å². The Hall–Kier alpha value is -1.20. The first-order chi connectivity index (χ1) is 10.2. The minimum Gasteiger partial charge on any atom is -0.377 e. The lowest BCUT2D eigenvalue weighted by atomic mass is 10.0. The lowest BCUT2D eigenvalue weighted by Crippen LogP contribution is -2.18. The molecule has 0 aliphatic carbocycles. The maximum absolute atomic E-state index is 12.3. The van der Waals surface area contributed by atoms with E-state index in [1.54, 1.807) is 12.1 Å². The van der Waals surface area contributed by atoms with E-state index in [-0.39, 0.29) is 6.04 Å². The standard InChI is InChI=1S/C16H15F2NS2/c17-16(18)21-13-7-5-12(6-8-13)19-15-10-20-9-11-3-1-2-4-14(11)15/h1-8,15-16,19H,9-10H2. The summed E-state index contributed by atoms with van der Waals surface area (Å²) >= 11 is 2.49. The molecule has 0 saturated carbocycles. The van der Waals surface area contributed by atoms with Crippen LogP contribution in [0.25, 0.3) is 0 Å². The molecule has 1 aliphatic heterocycles. The van der Waals surface area contributed by atoms with Crippen LogP contribution in [0.15, 0.2) is 53.4 Å². The fourth-order valence-electron chi connectivity index (χ4n) is 2.44. The van der Waals surface area contributed by atoms with Crippen molar-refractivity contribution in [1.82, 2.24) is 0 Å². The van der Waals surface area contributed by atoms with E-state index in [0.717, 1.165) is 17.2 Å². The molecule has 5 heteroatoms. The van der Waals surface area contributed by atoms with Crippen LogP contribution in [0.3, 0.4) is 0 Å². The molecule has 110 valence electrons. The summed E-state index contributed by atoms with van der Waals surface area (Å²) in [6.07, 6.45) is 0. The number of hydrogen-bond donors (Lipinski definition) is 1. The van der Waals surface area contributed by atoms with Crippen LogP contribution >= 0.6 is 23.5 Å². The van der Waals surface area contributed by atoms with Gasteiger partial charge in [0.2, 0.25) is 0 Å². The molecule has 0 fully saturated rings. The number of halogens is 2. The summed E-state index contributed by atoms with van der Waals surface area (Å²) in [6.45, 7) is 0. The van der Waals surface area contributed by atoms with Crippen LogP contribution in [0.5, 0.6) is 0 Å². The van der Waals surface area contributed by atoms with Crippen molar-refractivity contribution in [2.75, 3.05) is 11.1 Å². The second-order valence-corrected chi connectivity index (χ2v) is 6.91. The highest BCUT2D eigenvalue weighted by atomic mass is 32.2. The van der Waals surface area contributed by atoms with Crippen molar-refractivity contribution in [2.24, 2.45) is 0 Å². The molecule has 0 saturated heterocycles. The molecule has 0 radical (unpaired) electrons. The van der Waals surface area contributed by atoms with Gasteiger partial charge in [0, 0.05) is 22.1 Å². The molecule has 2 aromatic carbocycles. The van der Waals surface area contributed by atoms with Gasteiger partial charge in [0.1, 0.15) is 0 Å². The van der Waals surface area contributed by atoms with Crippen LogP contribution in [0.4, 0.5) is 14.5 Å². The predicted molar refractivity (Wildman–Crippen MR) is 87.3 cm³/mol. The Bertz CT molecular complexity index is 601. The number of benzene rings is 2. The lowest BCUT2D eigenvalue weighted by Gasteiger charge is -2.27. The Balaban J connectivity index is 1.73. The number of alkyl halides is 2. The summed E-state index contributed by atoms with van der Waals surface area (Å²) in [7, 11) is 0. The molecule has 0 aromatic heterocycles. The van der Waals surface area contributed by atoms with Crippen LogP contribution in [-0.2, 0) is 5.75 Å². The lowest BCUT2D eigenvalue weighted by molar-refractivity contribution is 0.252. The quantitative estimate of drug-likeness (QED) is 0.757. The maximum atomic E-state index is 12.3. The first kappa shape index (κ1) is 14.7. The number of rotatable bonds is 4. The Labute approximate surface area is 131 Å². The van der Waals surface area contributed by atoms with E-state index < -0.39 is 5.76 Å². The minimum atomic E-state index is -2.37. The van der Waals surface area contributed by atoms with E-state index in [1.165, 1.54) is 11.1 Å². The molecule has 1 aliphatic rings. The van der Waals surface area contributed by atoms with Crippen LogP contribution in [0.1, 0.15) is 17.2 Å². The molecule has 1 N–H and O–H groups in total. The molecular formula is C16H15F2NS2. The summed E-state index contributed by atoms with van der Waals surface area (Å²) < 4.78 is 24.6. The van der Waals surface area contributed by atoms with Crippen molar-refractivity contribution >= 4 is 29.2 Å². The highest BCUT2D eigenvalue weighted by Crippen LogP contribution is 2.34. The summed E-state index contributed by atoms with van der Waals surface area (Å²) in [4.78, 5) is 0.592. The van der Waals surface area contributed by atoms with Gasteiger partial charge in [0.05, 0.1) is 6.04 Å². The number of fused-ring (bicyclic) bond motifs is 1. The second kappa shape index (κ2) is 6.71. The average Bonchev–Trinajstić information content (AvgIpc) is 2.49. The van der Waals surface area contributed by atoms with Crippen LogP contribution in [-0.4, -0.2) is 11.5 Å². The van der Waals surface area contributed by atoms with Gasteiger partial charge < -0.3 is 5.32 Å². The maximum Gasteiger partial charge on any atom is 0.288 e. The molecule has 0 spiro atoms. The van der Waals surface area contributed by atoms with Crippen molar-refractivity contribution in [3.05, 3.63) is 59.7 Å². The Kier molecular flexibility index (Phi) is 4.70. The van der Waals surface area contributed by atoms with Gasteiger partial charge in [-0.2, -0.15) is 20.5 Å². The third kappa shape index (κ3) is 3.71. The van der Waals surface area contributed by atoms with Crippen LogP contribution in [0, 0.1) is 0 Å². The average molecular weight is 323 g/mol. The number of thioether (sulfide) groups is 2. The van der Waals surface area contributed by atoms with Gasteiger partial charge in [0.15, 0.2) is 0 Å². The molecule has 21 heavy (non-hydrogen) atoms. The monoisotopic (exact) mass is 323 g/mol. The van der Waals surface area contributed by atoms with E-state index in [2.05, 4.69) is 29.6 Å². The van der Waals surface area contributed by atoms with E-state index in [1.807, 2.05) is 23.9 Å². The van der Waals surface area contributed by atoms with E-state index in [9.17, 15) is 8.78 Å². The fraction of sp³-hybridized carbons (Fsp3) is 0.250. The SMILES string of the molecule is FC(F)Sc1ccc(NC2CSCc3ccccc32)cc1. The zero-order chi connectivity index (χ0) is 14.7. The third-order valence-electron chi connectivity index (χ3n) is 3.39. The molecule has 1 nitrogen and oxygen atoms in total. The molecule has 1 heterocycles. The Morgan fingerprint density at radius 2 is 1.86 bits per heavy atom. The van der Waals surface area contributed by atoms with Gasteiger partial charge in [-0.1, -0.05) is 36.0 Å². The number of hydrogen-bond acceptors (Lipinski definition) is 3. The Morgan fingerprint density at radius 3 is 2.62 bits per heavy atom. The molecule has 1 atom stereocenters. The van der Waals surface area contributed by atoms with E-state index >= 15 is 0 Å². The third-order valence-corrected chi connectivity index (χ3v) is 5.20. The second-order valence-electron chi connectivity index (χ2n) is 4.81. The van der Waals surface area contributed by atoms with Gasteiger partial charge in [-0.05, 0) is 35.4 Å². The number of nitrogens with one attached hydrogen (secondary N) is 1. The largest absolute Gasteiger partial charge is 0.377 e. The normalized spacial score (nSPS) is 17.6. The molecule has 0 bridgehead atoms. The fourth-order valence-corrected chi connectivity index (χ4v) is 4.03. The van der Waals surface area contributed by atoms with Gasteiger partial charge in [-0.3, -0.25) is 0 Å². The molecule has 1 unspecified atom stereocenters. The van der Waals surface area contributed by atoms with Crippen molar-refractivity contribution in [3.8, 4) is 0 Å². The summed E-state index contributed by atoms with van der Waals surface area (Å²) in [6, 6.07) is 15.9. The first-order valence-corrected chi connectivity index (χ1v) is 8.73. The topological polar surface area (TPSA) is 12.0 Å². The smallest absolute Gasteiger partial charge is 0.288 e. The van der Waals surface area contributed by atoms with Crippen molar-refractivity contribution in [1.29, 1.82) is 0 Å². The Morgan fingerprint density at radius 1 is 1.10 bits per heavy atom. The van der Waals surface area contributed by atoms with E-state index in [4.69, 9.17) is 0 Å². The van der Waals surface area contributed by atoms with Gasteiger partial charge in [-0.25, -0.2) is 0 Å². The molecule has 3 rings (SSSR count). The summed E-state index contributed by atoms with van der Waals surface area (Å²) in [5.74, 6) is -0.298.